The van der Waals surface area contributed by atoms with E-state index in [0.717, 1.165) is 17.9 Å². The van der Waals surface area contributed by atoms with Crippen molar-refractivity contribution in [2.75, 3.05) is 7.11 Å². The molecule has 1 saturated carbocycles. The minimum absolute atomic E-state index is 0.378. The Kier molecular flexibility index (Phi) is 2.43. The van der Waals surface area contributed by atoms with Crippen molar-refractivity contribution in [3.63, 3.8) is 0 Å². The van der Waals surface area contributed by atoms with E-state index >= 15 is 0 Å². The Bertz CT molecular complexity index is 568. The molecular weight excluding hydrogens is 240 g/mol. The Hall–Kier alpha value is -1.36. The van der Waals surface area contributed by atoms with E-state index in [1.807, 2.05) is 0 Å². The lowest BCUT2D eigenvalue weighted by Crippen LogP contribution is -2.02. The number of rotatable bonds is 3. The Morgan fingerprint density at radius 2 is 2.29 bits per heavy atom. The normalized spacial score (nSPS) is 23.0. The van der Waals surface area contributed by atoms with Crippen LogP contribution in [0.3, 0.4) is 0 Å². The highest BCUT2D eigenvalue weighted by Crippen LogP contribution is 2.45. The molecule has 2 aromatic heterocycles. The van der Waals surface area contributed by atoms with Gasteiger partial charge in [-0.2, -0.15) is 4.98 Å². The summed E-state index contributed by atoms with van der Waals surface area (Å²) >= 11 is 5.95. The molecule has 0 aromatic carbocycles. The monoisotopic (exact) mass is 252 g/mol. The van der Waals surface area contributed by atoms with Crippen LogP contribution in [0, 0.1) is 5.92 Å². The van der Waals surface area contributed by atoms with E-state index in [1.54, 1.807) is 7.11 Å². The van der Waals surface area contributed by atoms with Crippen molar-refractivity contribution in [2.45, 2.75) is 25.3 Å². The van der Waals surface area contributed by atoms with E-state index in [9.17, 15) is 0 Å². The summed E-state index contributed by atoms with van der Waals surface area (Å²) in [5, 5.41) is 0. The number of methoxy groups -OCH3 is 1. The number of imidazole rings is 1. The van der Waals surface area contributed by atoms with Crippen LogP contribution < -0.4 is 4.74 Å². The lowest BCUT2D eigenvalue weighted by atomic mass is 10.4. The van der Waals surface area contributed by atoms with Gasteiger partial charge in [0.05, 0.1) is 13.0 Å². The number of halogens is 1. The van der Waals surface area contributed by atoms with Crippen LogP contribution in [0.25, 0.3) is 11.2 Å². The van der Waals surface area contributed by atoms with Crippen LogP contribution in [0.5, 0.6) is 5.88 Å². The summed E-state index contributed by atoms with van der Waals surface area (Å²) in [6.45, 7) is 2.22. The Labute approximate surface area is 104 Å². The third-order valence-corrected chi connectivity index (χ3v) is 3.47. The summed E-state index contributed by atoms with van der Waals surface area (Å²) in [5.41, 5.74) is 1.52. The van der Waals surface area contributed by atoms with Crippen molar-refractivity contribution in [3.05, 3.63) is 12.2 Å². The van der Waals surface area contributed by atoms with Gasteiger partial charge in [-0.1, -0.05) is 6.92 Å². The third kappa shape index (κ3) is 1.57. The van der Waals surface area contributed by atoms with Gasteiger partial charge in [-0.15, -0.1) is 11.6 Å². The van der Waals surface area contributed by atoms with Gasteiger partial charge in [-0.3, -0.25) is 0 Å². The first-order chi connectivity index (χ1) is 8.26. The highest BCUT2D eigenvalue weighted by Gasteiger charge is 2.37. The van der Waals surface area contributed by atoms with Crippen LogP contribution in [-0.2, 0) is 5.88 Å². The molecular formula is C11H13ClN4O. The van der Waals surface area contributed by atoms with Gasteiger partial charge in [0, 0.05) is 6.04 Å². The average molecular weight is 253 g/mol. The van der Waals surface area contributed by atoms with Crippen LogP contribution in [0.1, 0.15) is 25.2 Å². The van der Waals surface area contributed by atoms with Gasteiger partial charge in [0.15, 0.2) is 11.2 Å². The van der Waals surface area contributed by atoms with Gasteiger partial charge in [-0.25, -0.2) is 9.97 Å². The summed E-state index contributed by atoms with van der Waals surface area (Å²) in [7, 11) is 1.58. The Balaban J connectivity index is 2.24. The zero-order chi connectivity index (χ0) is 12.0. The number of ether oxygens (including phenoxy) is 1. The fourth-order valence-corrected chi connectivity index (χ4v) is 2.38. The van der Waals surface area contributed by atoms with Gasteiger partial charge < -0.3 is 9.30 Å². The molecule has 5 nitrogen and oxygen atoms in total. The molecule has 2 aromatic rings. The van der Waals surface area contributed by atoms with Gasteiger partial charge in [0.2, 0.25) is 5.88 Å². The molecule has 0 saturated heterocycles. The average Bonchev–Trinajstić information content (AvgIpc) is 2.93. The largest absolute Gasteiger partial charge is 0.479 e. The molecule has 0 amide bonds. The summed E-state index contributed by atoms with van der Waals surface area (Å²) in [6, 6.07) is 0.466. The van der Waals surface area contributed by atoms with Crippen molar-refractivity contribution in [3.8, 4) is 5.88 Å². The van der Waals surface area contributed by atoms with Crippen LogP contribution in [-0.4, -0.2) is 26.6 Å². The number of hydrogen-bond acceptors (Lipinski definition) is 4. The standard InChI is InChI=1S/C11H13ClN4O/c1-6-3-7(6)16-8(4-12)15-9-10(16)13-5-14-11(9)17-2/h5-7H,3-4H2,1-2H3. The number of fused-ring (bicyclic) bond motifs is 1. The molecule has 0 N–H and O–H groups in total. The molecule has 0 aliphatic heterocycles. The molecule has 0 bridgehead atoms. The van der Waals surface area contributed by atoms with Crippen LogP contribution >= 0.6 is 11.6 Å². The van der Waals surface area contributed by atoms with Gasteiger partial charge >= 0.3 is 0 Å². The SMILES string of the molecule is COc1ncnc2c1nc(CCl)n2C1CC1C. The maximum atomic E-state index is 5.95. The fraction of sp³-hybridized carbons (Fsp3) is 0.545. The van der Waals surface area contributed by atoms with Crippen molar-refractivity contribution >= 4 is 22.8 Å². The summed E-state index contributed by atoms with van der Waals surface area (Å²) in [6.07, 6.45) is 2.66. The number of alkyl halides is 1. The molecule has 3 rings (SSSR count). The first kappa shape index (κ1) is 10.8. The van der Waals surface area contributed by atoms with E-state index in [4.69, 9.17) is 16.3 Å². The minimum Gasteiger partial charge on any atom is -0.479 e. The van der Waals surface area contributed by atoms with E-state index in [-0.39, 0.29) is 0 Å². The Morgan fingerprint density at radius 1 is 1.53 bits per heavy atom. The number of nitrogens with zero attached hydrogens (tertiary/aromatic N) is 4. The maximum Gasteiger partial charge on any atom is 0.245 e. The van der Waals surface area contributed by atoms with Gasteiger partial charge in [-0.05, 0) is 12.3 Å². The van der Waals surface area contributed by atoms with E-state index < -0.39 is 0 Å². The molecule has 1 aliphatic rings. The molecule has 17 heavy (non-hydrogen) atoms. The second-order valence-electron chi connectivity index (χ2n) is 4.37. The maximum absolute atomic E-state index is 5.95. The van der Waals surface area contributed by atoms with E-state index in [2.05, 4.69) is 26.4 Å². The van der Waals surface area contributed by atoms with Crippen LogP contribution in [0.4, 0.5) is 0 Å². The highest BCUT2D eigenvalue weighted by atomic mass is 35.5. The quantitative estimate of drug-likeness (QED) is 0.786. The first-order valence-corrected chi connectivity index (χ1v) is 6.11. The number of hydrogen-bond donors (Lipinski definition) is 0. The molecule has 1 aliphatic carbocycles. The topological polar surface area (TPSA) is 52.8 Å². The smallest absolute Gasteiger partial charge is 0.245 e. The predicted molar refractivity (Wildman–Crippen MR) is 64.3 cm³/mol. The molecule has 2 atom stereocenters. The summed E-state index contributed by atoms with van der Waals surface area (Å²) in [5.74, 6) is 2.39. The van der Waals surface area contributed by atoms with Crippen molar-refractivity contribution < 1.29 is 4.74 Å². The minimum atomic E-state index is 0.378. The van der Waals surface area contributed by atoms with Crippen molar-refractivity contribution in [1.82, 2.24) is 19.5 Å². The molecule has 2 unspecified atom stereocenters. The summed E-state index contributed by atoms with van der Waals surface area (Å²) in [4.78, 5) is 12.8. The second-order valence-corrected chi connectivity index (χ2v) is 4.63. The molecule has 90 valence electrons. The Morgan fingerprint density at radius 3 is 2.88 bits per heavy atom. The second kappa shape index (κ2) is 3.84. The number of aromatic nitrogens is 4. The molecule has 6 heteroatoms. The highest BCUT2D eigenvalue weighted by molar-refractivity contribution is 6.16. The van der Waals surface area contributed by atoms with Gasteiger partial charge in [0.25, 0.3) is 0 Å². The zero-order valence-electron chi connectivity index (χ0n) is 9.72. The first-order valence-electron chi connectivity index (χ1n) is 5.58. The van der Waals surface area contributed by atoms with E-state index in [0.29, 0.717) is 29.2 Å². The van der Waals surface area contributed by atoms with Crippen molar-refractivity contribution in [1.29, 1.82) is 0 Å². The predicted octanol–water partition coefficient (Wildman–Crippen LogP) is 2.15. The van der Waals surface area contributed by atoms with Crippen LogP contribution in [0.2, 0.25) is 0 Å². The van der Waals surface area contributed by atoms with Crippen LogP contribution in [0.15, 0.2) is 6.33 Å². The molecule has 1 fully saturated rings. The third-order valence-electron chi connectivity index (χ3n) is 3.23. The molecule has 0 spiro atoms. The lowest BCUT2D eigenvalue weighted by molar-refractivity contribution is 0.401. The zero-order valence-corrected chi connectivity index (χ0v) is 10.5. The van der Waals surface area contributed by atoms with Crippen molar-refractivity contribution in [2.24, 2.45) is 5.92 Å². The fourth-order valence-electron chi connectivity index (χ4n) is 2.19. The van der Waals surface area contributed by atoms with Gasteiger partial charge in [0.1, 0.15) is 12.2 Å². The molecule has 0 radical (unpaired) electrons. The molecule has 2 heterocycles. The summed E-state index contributed by atoms with van der Waals surface area (Å²) < 4.78 is 7.32. The lowest BCUT2D eigenvalue weighted by Gasteiger charge is -2.05. The van der Waals surface area contributed by atoms with E-state index in [1.165, 1.54) is 6.33 Å².